The van der Waals surface area contributed by atoms with Crippen molar-refractivity contribution in [3.63, 3.8) is 0 Å². The van der Waals surface area contributed by atoms with E-state index in [1.807, 2.05) is 0 Å². The largest absolute Gasteiger partial charge is 0.341 e. The van der Waals surface area contributed by atoms with Crippen LogP contribution in [0.1, 0.15) is 17.5 Å². The van der Waals surface area contributed by atoms with Gasteiger partial charge in [-0.3, -0.25) is 9.59 Å². The lowest BCUT2D eigenvalue weighted by molar-refractivity contribution is -0.132. The molecule has 2 aromatic carbocycles. The van der Waals surface area contributed by atoms with E-state index in [4.69, 9.17) is 0 Å². The van der Waals surface area contributed by atoms with Gasteiger partial charge in [-0.2, -0.15) is 0 Å². The molecule has 3 rings (SSSR count). The highest BCUT2D eigenvalue weighted by molar-refractivity contribution is 5.80. The summed E-state index contributed by atoms with van der Waals surface area (Å²) in [5.41, 5.74) is 1.41. The lowest BCUT2D eigenvalue weighted by Crippen LogP contribution is -2.38. The standard InChI is InChI=1S/C21H22F2N2O2/c22-18-7-5-16(6-8-18)14-20(26)24-9-2-10-25(12-11-24)21(27)15-17-3-1-4-19(23)13-17/h1,3-8,13H,2,9-12,14-15H2. The van der Waals surface area contributed by atoms with Crippen molar-refractivity contribution in [2.75, 3.05) is 26.2 Å². The van der Waals surface area contributed by atoms with Gasteiger partial charge in [0, 0.05) is 26.2 Å². The third kappa shape index (κ3) is 5.36. The summed E-state index contributed by atoms with van der Waals surface area (Å²) in [5, 5.41) is 0. The van der Waals surface area contributed by atoms with Gasteiger partial charge in [0.05, 0.1) is 12.8 Å². The molecular weight excluding hydrogens is 350 g/mol. The van der Waals surface area contributed by atoms with Crippen LogP contribution >= 0.6 is 0 Å². The fourth-order valence-corrected chi connectivity index (χ4v) is 3.24. The van der Waals surface area contributed by atoms with E-state index >= 15 is 0 Å². The van der Waals surface area contributed by atoms with Crippen molar-refractivity contribution in [3.8, 4) is 0 Å². The van der Waals surface area contributed by atoms with Crippen molar-refractivity contribution in [2.45, 2.75) is 19.3 Å². The number of halogens is 2. The van der Waals surface area contributed by atoms with Gasteiger partial charge in [-0.15, -0.1) is 0 Å². The molecule has 0 aliphatic carbocycles. The molecule has 6 heteroatoms. The first-order valence-electron chi connectivity index (χ1n) is 9.06. The molecular formula is C21H22F2N2O2. The zero-order valence-corrected chi connectivity index (χ0v) is 15.0. The van der Waals surface area contributed by atoms with Crippen LogP contribution in [0.2, 0.25) is 0 Å². The first-order valence-corrected chi connectivity index (χ1v) is 9.06. The minimum absolute atomic E-state index is 0.0268. The molecule has 142 valence electrons. The second-order valence-electron chi connectivity index (χ2n) is 6.73. The molecule has 27 heavy (non-hydrogen) atoms. The van der Waals surface area contributed by atoms with Crippen molar-refractivity contribution in [1.29, 1.82) is 0 Å². The fourth-order valence-electron chi connectivity index (χ4n) is 3.24. The van der Waals surface area contributed by atoms with Gasteiger partial charge in [0.15, 0.2) is 0 Å². The Hall–Kier alpha value is -2.76. The smallest absolute Gasteiger partial charge is 0.227 e. The maximum Gasteiger partial charge on any atom is 0.227 e. The second-order valence-corrected chi connectivity index (χ2v) is 6.73. The molecule has 0 radical (unpaired) electrons. The molecule has 1 fully saturated rings. The zero-order chi connectivity index (χ0) is 19.2. The molecule has 0 saturated carbocycles. The van der Waals surface area contributed by atoms with Crippen LogP contribution in [0.3, 0.4) is 0 Å². The Morgan fingerprint density at radius 1 is 0.741 bits per heavy atom. The molecule has 0 spiro atoms. The Bertz CT molecular complexity index is 808. The predicted octanol–water partition coefficient (Wildman–Crippen LogP) is 2.81. The van der Waals surface area contributed by atoms with Gasteiger partial charge in [-0.1, -0.05) is 24.3 Å². The van der Waals surface area contributed by atoms with Gasteiger partial charge < -0.3 is 9.80 Å². The van der Waals surface area contributed by atoms with E-state index in [9.17, 15) is 18.4 Å². The van der Waals surface area contributed by atoms with Gasteiger partial charge in [0.2, 0.25) is 11.8 Å². The number of nitrogens with zero attached hydrogens (tertiary/aromatic N) is 2. The van der Waals surface area contributed by atoms with Crippen molar-refractivity contribution in [1.82, 2.24) is 9.80 Å². The molecule has 0 atom stereocenters. The fraction of sp³-hybridized carbons (Fsp3) is 0.333. The Balaban J connectivity index is 1.54. The lowest BCUT2D eigenvalue weighted by atomic mass is 10.1. The lowest BCUT2D eigenvalue weighted by Gasteiger charge is -2.22. The van der Waals surface area contributed by atoms with Crippen LogP contribution in [0.25, 0.3) is 0 Å². The topological polar surface area (TPSA) is 40.6 Å². The Kier molecular flexibility index (Phi) is 6.16. The number of amides is 2. The number of carbonyl (C=O) groups excluding carboxylic acids is 2. The van der Waals surface area contributed by atoms with E-state index in [1.165, 1.54) is 24.3 Å². The minimum atomic E-state index is -0.353. The Morgan fingerprint density at radius 2 is 1.33 bits per heavy atom. The highest BCUT2D eigenvalue weighted by atomic mass is 19.1. The SMILES string of the molecule is O=C(Cc1ccc(F)cc1)N1CCCN(C(=O)Cc2cccc(F)c2)CC1. The normalized spacial score (nSPS) is 14.7. The minimum Gasteiger partial charge on any atom is -0.341 e. The molecule has 0 N–H and O–H groups in total. The molecule has 4 nitrogen and oxygen atoms in total. The highest BCUT2D eigenvalue weighted by Crippen LogP contribution is 2.11. The van der Waals surface area contributed by atoms with E-state index < -0.39 is 0 Å². The summed E-state index contributed by atoms with van der Waals surface area (Å²) in [6, 6.07) is 12.0. The summed E-state index contributed by atoms with van der Waals surface area (Å²) < 4.78 is 26.3. The third-order valence-electron chi connectivity index (χ3n) is 4.71. The maximum absolute atomic E-state index is 13.3. The highest BCUT2D eigenvalue weighted by Gasteiger charge is 2.22. The Morgan fingerprint density at radius 3 is 1.93 bits per heavy atom. The summed E-state index contributed by atoms with van der Waals surface area (Å²) in [5.74, 6) is -0.767. The summed E-state index contributed by atoms with van der Waals surface area (Å²) in [6.45, 7) is 2.09. The molecule has 0 unspecified atom stereocenters. The molecule has 2 amide bonds. The van der Waals surface area contributed by atoms with Gasteiger partial charge in [-0.25, -0.2) is 8.78 Å². The van der Waals surface area contributed by atoms with Crippen LogP contribution in [-0.4, -0.2) is 47.8 Å². The summed E-state index contributed by atoms with van der Waals surface area (Å²) in [4.78, 5) is 28.5. The van der Waals surface area contributed by atoms with Gasteiger partial charge in [-0.05, 0) is 41.8 Å². The van der Waals surface area contributed by atoms with E-state index in [1.54, 1.807) is 34.1 Å². The number of hydrogen-bond donors (Lipinski definition) is 0. The first kappa shape index (κ1) is 19.0. The van der Waals surface area contributed by atoms with Crippen LogP contribution in [0.15, 0.2) is 48.5 Å². The summed E-state index contributed by atoms with van der Waals surface area (Å²) in [6.07, 6.45) is 1.07. The quantitative estimate of drug-likeness (QED) is 0.828. The van der Waals surface area contributed by atoms with Gasteiger partial charge in [0.25, 0.3) is 0 Å². The van der Waals surface area contributed by atoms with Gasteiger partial charge in [0.1, 0.15) is 11.6 Å². The average molecular weight is 372 g/mol. The van der Waals surface area contributed by atoms with Crippen LogP contribution < -0.4 is 0 Å². The number of benzene rings is 2. The average Bonchev–Trinajstić information content (AvgIpc) is 2.90. The van der Waals surface area contributed by atoms with Crippen molar-refractivity contribution in [3.05, 3.63) is 71.3 Å². The number of hydrogen-bond acceptors (Lipinski definition) is 2. The molecule has 1 heterocycles. The van der Waals surface area contributed by atoms with Crippen LogP contribution in [0, 0.1) is 11.6 Å². The van der Waals surface area contributed by atoms with Crippen molar-refractivity contribution >= 4 is 11.8 Å². The third-order valence-corrected chi connectivity index (χ3v) is 4.71. The van der Waals surface area contributed by atoms with Crippen LogP contribution in [0.4, 0.5) is 8.78 Å². The molecule has 0 aromatic heterocycles. The molecule has 1 aliphatic rings. The second kappa shape index (κ2) is 8.75. The first-order chi connectivity index (χ1) is 13.0. The Labute approximate surface area is 157 Å². The van der Waals surface area contributed by atoms with E-state index in [0.717, 1.165) is 5.56 Å². The predicted molar refractivity (Wildman–Crippen MR) is 98.0 cm³/mol. The van der Waals surface area contributed by atoms with E-state index in [-0.39, 0.29) is 36.3 Å². The van der Waals surface area contributed by atoms with Crippen LogP contribution in [0.5, 0.6) is 0 Å². The van der Waals surface area contributed by atoms with E-state index in [2.05, 4.69) is 0 Å². The molecule has 0 bridgehead atoms. The van der Waals surface area contributed by atoms with Gasteiger partial charge >= 0.3 is 0 Å². The van der Waals surface area contributed by atoms with Crippen molar-refractivity contribution in [2.24, 2.45) is 0 Å². The van der Waals surface area contributed by atoms with Crippen molar-refractivity contribution < 1.29 is 18.4 Å². The zero-order valence-electron chi connectivity index (χ0n) is 15.0. The van der Waals surface area contributed by atoms with Crippen LogP contribution in [-0.2, 0) is 22.4 Å². The number of carbonyl (C=O) groups is 2. The van der Waals surface area contributed by atoms with E-state index in [0.29, 0.717) is 38.2 Å². The monoisotopic (exact) mass is 372 g/mol. The molecule has 2 aromatic rings. The molecule has 1 saturated heterocycles. The maximum atomic E-state index is 13.3. The summed E-state index contributed by atoms with van der Waals surface area (Å²) >= 11 is 0. The summed E-state index contributed by atoms with van der Waals surface area (Å²) in [7, 11) is 0. The number of rotatable bonds is 4. The molecule has 1 aliphatic heterocycles.